The number of methoxy groups -OCH3 is 1. The van der Waals surface area contributed by atoms with Crippen LogP contribution in [0.2, 0.25) is 15.1 Å². The van der Waals surface area contributed by atoms with Crippen molar-refractivity contribution in [3.63, 3.8) is 0 Å². The van der Waals surface area contributed by atoms with Crippen LogP contribution in [0.1, 0.15) is 36.8 Å². The van der Waals surface area contributed by atoms with Gasteiger partial charge in [0.25, 0.3) is 0 Å². The number of nitrogens with zero attached hydrogens (tertiary/aromatic N) is 2. The van der Waals surface area contributed by atoms with E-state index in [-0.39, 0.29) is 35.6 Å². The lowest BCUT2D eigenvalue weighted by molar-refractivity contribution is -0.140. The first-order chi connectivity index (χ1) is 20.5. The lowest BCUT2D eigenvalue weighted by Gasteiger charge is -2.34. The molecule has 1 fully saturated rings. The number of anilines is 1. The van der Waals surface area contributed by atoms with Crippen LogP contribution >= 0.6 is 34.8 Å². The molecule has 12 heteroatoms. The van der Waals surface area contributed by atoms with Crippen molar-refractivity contribution in [3.05, 3.63) is 92.9 Å². The van der Waals surface area contributed by atoms with E-state index in [4.69, 9.17) is 39.5 Å². The predicted molar refractivity (Wildman–Crippen MR) is 172 cm³/mol. The van der Waals surface area contributed by atoms with E-state index in [2.05, 4.69) is 5.32 Å². The maximum absolute atomic E-state index is 14.3. The summed E-state index contributed by atoms with van der Waals surface area (Å²) in [7, 11) is -2.50. The Morgan fingerprint density at radius 3 is 2.28 bits per heavy atom. The van der Waals surface area contributed by atoms with Crippen molar-refractivity contribution >= 4 is 62.3 Å². The molecule has 4 rings (SSSR count). The van der Waals surface area contributed by atoms with Gasteiger partial charge in [-0.25, -0.2) is 8.42 Å². The molecule has 0 aliphatic heterocycles. The molecule has 43 heavy (non-hydrogen) atoms. The van der Waals surface area contributed by atoms with E-state index in [1.807, 2.05) is 30.3 Å². The van der Waals surface area contributed by atoms with Crippen LogP contribution in [-0.2, 0) is 32.6 Å². The lowest BCUT2D eigenvalue weighted by Crippen LogP contribution is -2.54. The summed E-state index contributed by atoms with van der Waals surface area (Å²) in [6.07, 6.45) is 4.98. The van der Waals surface area contributed by atoms with Crippen LogP contribution in [0.15, 0.2) is 66.7 Å². The summed E-state index contributed by atoms with van der Waals surface area (Å²) in [6, 6.07) is 17.8. The van der Waals surface area contributed by atoms with Crippen molar-refractivity contribution in [1.82, 2.24) is 10.2 Å². The van der Waals surface area contributed by atoms with E-state index in [1.165, 1.54) is 30.2 Å². The zero-order valence-electron chi connectivity index (χ0n) is 23.9. The number of sulfonamides is 1. The third-order valence-corrected chi connectivity index (χ3v) is 9.45. The molecular formula is C31H34Cl3N3O5S. The van der Waals surface area contributed by atoms with Crippen molar-refractivity contribution in [2.45, 2.75) is 50.7 Å². The molecule has 0 aromatic heterocycles. The molecule has 3 aromatic rings. The van der Waals surface area contributed by atoms with Gasteiger partial charge >= 0.3 is 0 Å². The number of nitrogens with one attached hydrogen (secondary N) is 1. The fourth-order valence-corrected chi connectivity index (χ4v) is 6.74. The van der Waals surface area contributed by atoms with Crippen LogP contribution in [-0.4, -0.2) is 57.1 Å². The number of hydrogen-bond acceptors (Lipinski definition) is 5. The minimum absolute atomic E-state index is 0.0100. The summed E-state index contributed by atoms with van der Waals surface area (Å²) in [6.45, 7) is -0.625. The maximum Gasteiger partial charge on any atom is 0.244 e. The fourth-order valence-electron chi connectivity index (χ4n) is 5.18. The first-order valence-corrected chi connectivity index (χ1v) is 16.8. The third-order valence-electron chi connectivity index (χ3n) is 7.43. The number of ether oxygens (including phenoxy) is 1. The second kappa shape index (κ2) is 14.7. The van der Waals surface area contributed by atoms with E-state index < -0.39 is 28.5 Å². The summed E-state index contributed by atoms with van der Waals surface area (Å²) in [5.74, 6) is -0.547. The van der Waals surface area contributed by atoms with Crippen molar-refractivity contribution in [3.8, 4) is 5.75 Å². The second-order valence-corrected chi connectivity index (χ2v) is 13.7. The lowest BCUT2D eigenvalue weighted by atomic mass is 10.0. The van der Waals surface area contributed by atoms with Crippen LogP contribution < -0.4 is 14.4 Å². The molecule has 0 unspecified atom stereocenters. The average molecular weight is 667 g/mol. The Bertz CT molecular complexity index is 1550. The molecule has 1 aliphatic carbocycles. The molecule has 1 aliphatic rings. The topological polar surface area (TPSA) is 96.0 Å². The minimum atomic E-state index is -3.95. The summed E-state index contributed by atoms with van der Waals surface area (Å²) in [5.41, 5.74) is 1.58. The van der Waals surface area contributed by atoms with E-state index >= 15 is 0 Å². The normalized spacial score (nSPS) is 14.3. The highest BCUT2D eigenvalue weighted by Gasteiger charge is 2.34. The Balaban J connectivity index is 1.75. The standard InChI is InChI=1S/C31H34Cl3N3O5S/c1-42-29-15-14-25(18-27(29)34)37(43(2,40)41)20-30(38)36(19-22-12-13-23(32)17-26(22)33)28(16-21-8-4-3-5-9-21)31(39)35-24-10-6-7-11-24/h3-5,8-9,12-15,17-18,24,28H,6-7,10-11,16,19-20H2,1-2H3,(H,35,39)/t28-/m1/s1. The van der Waals surface area contributed by atoms with Gasteiger partial charge in [0, 0.05) is 29.1 Å². The fraction of sp³-hybridized carbons (Fsp3) is 0.355. The van der Waals surface area contributed by atoms with Crippen LogP contribution in [0.5, 0.6) is 5.75 Å². The van der Waals surface area contributed by atoms with E-state index in [0.717, 1.165) is 41.8 Å². The Kier molecular flexibility index (Phi) is 11.2. The van der Waals surface area contributed by atoms with Gasteiger partial charge in [0.15, 0.2) is 0 Å². The number of carbonyl (C=O) groups is 2. The highest BCUT2D eigenvalue weighted by atomic mass is 35.5. The van der Waals surface area contributed by atoms with Gasteiger partial charge in [0.2, 0.25) is 21.8 Å². The van der Waals surface area contributed by atoms with Crippen molar-refractivity contribution in [2.75, 3.05) is 24.2 Å². The van der Waals surface area contributed by atoms with Crippen molar-refractivity contribution in [2.24, 2.45) is 0 Å². The van der Waals surface area contributed by atoms with E-state index in [1.54, 1.807) is 18.2 Å². The minimum Gasteiger partial charge on any atom is -0.495 e. The Morgan fingerprint density at radius 1 is 0.977 bits per heavy atom. The Morgan fingerprint density at radius 2 is 1.67 bits per heavy atom. The zero-order valence-corrected chi connectivity index (χ0v) is 27.0. The van der Waals surface area contributed by atoms with Crippen molar-refractivity contribution < 1.29 is 22.7 Å². The number of hydrogen-bond donors (Lipinski definition) is 1. The van der Waals surface area contributed by atoms with Gasteiger partial charge in [0.05, 0.1) is 24.1 Å². The molecule has 0 spiro atoms. The molecule has 0 bridgehead atoms. The van der Waals surface area contributed by atoms with Gasteiger partial charge in [0.1, 0.15) is 18.3 Å². The van der Waals surface area contributed by atoms with Crippen LogP contribution in [0.3, 0.4) is 0 Å². The Hall–Kier alpha value is -2.98. The summed E-state index contributed by atoms with van der Waals surface area (Å²) in [4.78, 5) is 29.6. The van der Waals surface area contributed by atoms with Crippen LogP contribution in [0.25, 0.3) is 0 Å². The predicted octanol–water partition coefficient (Wildman–Crippen LogP) is 6.12. The van der Waals surface area contributed by atoms with E-state index in [9.17, 15) is 18.0 Å². The molecule has 0 saturated heterocycles. The average Bonchev–Trinajstić information content (AvgIpc) is 3.47. The quantitative estimate of drug-likeness (QED) is 0.251. The molecule has 0 radical (unpaired) electrons. The van der Waals surface area contributed by atoms with Gasteiger partial charge < -0.3 is 15.0 Å². The largest absolute Gasteiger partial charge is 0.495 e. The molecule has 1 N–H and O–H groups in total. The second-order valence-electron chi connectivity index (χ2n) is 10.5. The summed E-state index contributed by atoms with van der Waals surface area (Å²) in [5, 5.41) is 4.06. The highest BCUT2D eigenvalue weighted by molar-refractivity contribution is 7.92. The molecule has 1 saturated carbocycles. The zero-order chi connectivity index (χ0) is 31.1. The molecule has 1 atom stereocenters. The molecular weight excluding hydrogens is 633 g/mol. The number of benzene rings is 3. The van der Waals surface area contributed by atoms with Crippen LogP contribution in [0, 0.1) is 0 Å². The summed E-state index contributed by atoms with van der Waals surface area (Å²) < 4.78 is 32.2. The SMILES string of the molecule is COc1ccc(N(CC(=O)N(Cc2ccc(Cl)cc2Cl)[C@H](Cc2ccccc2)C(=O)NC2CCCC2)S(C)(=O)=O)cc1Cl. The molecule has 8 nitrogen and oxygen atoms in total. The van der Waals surface area contributed by atoms with Crippen molar-refractivity contribution in [1.29, 1.82) is 0 Å². The van der Waals surface area contributed by atoms with Crippen LogP contribution in [0.4, 0.5) is 5.69 Å². The third kappa shape index (κ3) is 8.79. The first-order valence-electron chi connectivity index (χ1n) is 13.8. The van der Waals surface area contributed by atoms with Gasteiger partial charge in [-0.15, -0.1) is 0 Å². The van der Waals surface area contributed by atoms with Gasteiger partial charge in [-0.3, -0.25) is 13.9 Å². The van der Waals surface area contributed by atoms with E-state index in [0.29, 0.717) is 21.4 Å². The number of amides is 2. The van der Waals surface area contributed by atoms with Gasteiger partial charge in [-0.1, -0.05) is 84.0 Å². The smallest absolute Gasteiger partial charge is 0.244 e. The van der Waals surface area contributed by atoms with Gasteiger partial charge in [-0.05, 0) is 54.3 Å². The molecule has 230 valence electrons. The molecule has 3 aromatic carbocycles. The summed E-state index contributed by atoms with van der Waals surface area (Å²) >= 11 is 19.0. The number of carbonyl (C=O) groups excluding carboxylic acids is 2. The number of halogens is 3. The molecule has 0 heterocycles. The monoisotopic (exact) mass is 665 g/mol. The Labute approximate surface area is 267 Å². The number of rotatable bonds is 12. The molecule has 2 amide bonds. The maximum atomic E-state index is 14.3. The highest BCUT2D eigenvalue weighted by Crippen LogP contribution is 2.31. The first kappa shape index (κ1) is 32.9. The van der Waals surface area contributed by atoms with Gasteiger partial charge in [-0.2, -0.15) is 0 Å².